The van der Waals surface area contributed by atoms with Crippen molar-refractivity contribution in [2.75, 3.05) is 13.6 Å². The van der Waals surface area contributed by atoms with E-state index in [1.807, 2.05) is 6.07 Å². The fourth-order valence-corrected chi connectivity index (χ4v) is 4.83. The molecule has 2 aliphatic rings. The molecule has 158 valence electrons. The van der Waals surface area contributed by atoms with Crippen molar-refractivity contribution in [1.29, 1.82) is 0 Å². The highest BCUT2D eigenvalue weighted by molar-refractivity contribution is 5.95. The molecule has 3 aromatic rings. The van der Waals surface area contributed by atoms with Crippen molar-refractivity contribution < 1.29 is 18.7 Å². The number of fused-ring (bicyclic) bond motifs is 3. The first-order chi connectivity index (χ1) is 14.9. The van der Waals surface area contributed by atoms with E-state index in [0.29, 0.717) is 29.5 Å². The maximum Gasteiger partial charge on any atom is 0.275 e. The van der Waals surface area contributed by atoms with Crippen LogP contribution in [0.25, 0.3) is 0 Å². The van der Waals surface area contributed by atoms with Crippen LogP contribution in [0, 0.1) is 11.6 Å². The first-order valence-electron chi connectivity index (χ1n) is 9.98. The Kier molecular flexibility index (Phi) is 4.39. The zero-order valence-electron chi connectivity index (χ0n) is 16.7. The van der Waals surface area contributed by atoms with E-state index in [1.54, 1.807) is 19.2 Å². The highest BCUT2D eigenvalue weighted by Crippen LogP contribution is 2.44. The maximum absolute atomic E-state index is 14.8. The summed E-state index contributed by atoms with van der Waals surface area (Å²) >= 11 is 0. The summed E-state index contributed by atoms with van der Waals surface area (Å²) in [4.78, 5) is 26.1. The van der Waals surface area contributed by atoms with Crippen molar-refractivity contribution >= 4 is 5.91 Å². The average molecular weight is 423 g/mol. The van der Waals surface area contributed by atoms with E-state index in [2.05, 4.69) is 5.10 Å². The minimum absolute atomic E-state index is 0.192. The fourth-order valence-electron chi connectivity index (χ4n) is 4.83. The molecule has 1 N–H and O–H groups in total. The maximum atomic E-state index is 14.8. The number of carbonyl (C=O) groups excluding carboxylic acids is 1. The number of aromatic nitrogens is 2. The smallest absolute Gasteiger partial charge is 0.275 e. The first-order valence-corrected chi connectivity index (χ1v) is 9.98. The van der Waals surface area contributed by atoms with Crippen molar-refractivity contribution in [3.8, 4) is 5.75 Å². The van der Waals surface area contributed by atoms with E-state index in [4.69, 9.17) is 0 Å². The summed E-state index contributed by atoms with van der Waals surface area (Å²) in [5.41, 5.74) is 1.81. The van der Waals surface area contributed by atoms with Gasteiger partial charge in [0.25, 0.3) is 5.91 Å². The summed E-state index contributed by atoms with van der Waals surface area (Å²) in [6.45, 7) is 0.192. The molecule has 2 heterocycles. The molecule has 0 radical (unpaired) electrons. The van der Waals surface area contributed by atoms with Gasteiger partial charge in [-0.05, 0) is 53.3 Å². The number of aromatic hydroxyl groups is 1. The molecule has 1 aromatic heterocycles. The van der Waals surface area contributed by atoms with E-state index in [1.165, 1.54) is 27.8 Å². The Bertz CT molecular complexity index is 1290. The SMILES string of the molecule is CN1C[C@@H](C2c3cc(F)ccc3CCc3c(F)cccc32)n2ncc(=O)c(O)c2C1=O. The van der Waals surface area contributed by atoms with Gasteiger partial charge in [0.2, 0.25) is 5.43 Å². The van der Waals surface area contributed by atoms with Gasteiger partial charge in [-0.1, -0.05) is 18.2 Å². The van der Waals surface area contributed by atoms with Crippen molar-refractivity contribution in [3.63, 3.8) is 0 Å². The van der Waals surface area contributed by atoms with E-state index < -0.39 is 34.9 Å². The summed E-state index contributed by atoms with van der Waals surface area (Å²) in [6, 6.07) is 8.77. The van der Waals surface area contributed by atoms with E-state index in [-0.39, 0.29) is 18.1 Å². The highest BCUT2D eigenvalue weighted by Gasteiger charge is 2.40. The fraction of sp³-hybridized carbons (Fsp3) is 0.261. The summed E-state index contributed by atoms with van der Waals surface area (Å²) in [5, 5.41) is 14.5. The second-order valence-corrected chi connectivity index (χ2v) is 8.03. The summed E-state index contributed by atoms with van der Waals surface area (Å²) in [7, 11) is 1.56. The van der Waals surface area contributed by atoms with Crippen LogP contribution < -0.4 is 5.43 Å². The molecule has 5 rings (SSSR count). The van der Waals surface area contributed by atoms with Crippen molar-refractivity contribution in [2.24, 2.45) is 0 Å². The lowest BCUT2D eigenvalue weighted by atomic mass is 9.81. The van der Waals surface area contributed by atoms with Gasteiger partial charge in [-0.3, -0.25) is 14.3 Å². The molecule has 2 atom stereocenters. The van der Waals surface area contributed by atoms with E-state index in [9.17, 15) is 23.5 Å². The lowest BCUT2D eigenvalue weighted by Crippen LogP contribution is -2.45. The van der Waals surface area contributed by atoms with Gasteiger partial charge < -0.3 is 10.0 Å². The molecule has 6 nitrogen and oxygen atoms in total. The molecule has 31 heavy (non-hydrogen) atoms. The Labute approximate surface area is 176 Å². The van der Waals surface area contributed by atoms with Gasteiger partial charge in [-0.25, -0.2) is 8.78 Å². The molecule has 1 aliphatic heterocycles. The normalized spacial score (nSPS) is 20.0. The van der Waals surface area contributed by atoms with Crippen LogP contribution in [0.3, 0.4) is 0 Å². The molecule has 1 amide bonds. The van der Waals surface area contributed by atoms with Crippen molar-refractivity contribution in [1.82, 2.24) is 14.7 Å². The standard InChI is InChI=1S/C23H19F2N3O3/c1-27-11-18(28-21(23(27)31)22(30)19(29)10-26-28)20-15-3-2-4-17(25)14(15)8-6-12-5-7-13(24)9-16(12)20/h2-5,7,9-10,18,20,30H,6,8,11H2,1H3/t18-,20?/m0/s1. The minimum atomic E-state index is -0.757. The number of benzene rings is 2. The summed E-state index contributed by atoms with van der Waals surface area (Å²) in [6.07, 6.45) is 1.95. The Morgan fingerprint density at radius 2 is 1.90 bits per heavy atom. The van der Waals surface area contributed by atoms with Gasteiger partial charge >= 0.3 is 0 Å². The molecular formula is C23H19F2N3O3. The second kappa shape index (κ2) is 7.01. The molecule has 0 bridgehead atoms. The van der Waals surface area contributed by atoms with Gasteiger partial charge in [0.1, 0.15) is 11.6 Å². The zero-order chi connectivity index (χ0) is 21.9. The third-order valence-electron chi connectivity index (χ3n) is 6.27. The summed E-state index contributed by atoms with van der Waals surface area (Å²) in [5.74, 6) is -2.51. The lowest BCUT2D eigenvalue weighted by molar-refractivity contribution is 0.0686. The van der Waals surface area contributed by atoms with E-state index in [0.717, 1.165) is 11.8 Å². The first kappa shape index (κ1) is 19.4. The average Bonchev–Trinajstić information content (AvgIpc) is 2.90. The number of hydrogen-bond acceptors (Lipinski definition) is 4. The lowest BCUT2D eigenvalue weighted by Gasteiger charge is -2.38. The van der Waals surface area contributed by atoms with E-state index >= 15 is 0 Å². The molecule has 1 unspecified atom stereocenters. The number of hydrogen-bond donors (Lipinski definition) is 1. The predicted octanol–water partition coefficient (Wildman–Crippen LogP) is 2.78. The van der Waals surface area contributed by atoms with Crippen LogP contribution >= 0.6 is 0 Å². The minimum Gasteiger partial charge on any atom is -0.502 e. The molecule has 0 saturated heterocycles. The third-order valence-corrected chi connectivity index (χ3v) is 6.27. The highest BCUT2D eigenvalue weighted by atomic mass is 19.1. The molecule has 0 saturated carbocycles. The van der Waals surface area contributed by atoms with Gasteiger partial charge in [0.05, 0.1) is 12.2 Å². The molecule has 0 spiro atoms. The Hall–Kier alpha value is -3.55. The third kappa shape index (κ3) is 2.93. The summed E-state index contributed by atoms with van der Waals surface area (Å²) < 4.78 is 30.5. The number of halogens is 2. The Morgan fingerprint density at radius 3 is 2.71 bits per heavy atom. The molecular weight excluding hydrogens is 404 g/mol. The number of aryl methyl sites for hydroxylation is 1. The van der Waals surface area contributed by atoms with Crippen LogP contribution in [0.1, 0.15) is 44.7 Å². The van der Waals surface area contributed by atoms with Gasteiger partial charge in [0, 0.05) is 19.5 Å². The monoisotopic (exact) mass is 423 g/mol. The van der Waals surface area contributed by atoms with Gasteiger partial charge in [0.15, 0.2) is 11.4 Å². The predicted molar refractivity (Wildman–Crippen MR) is 108 cm³/mol. The Morgan fingerprint density at radius 1 is 1.10 bits per heavy atom. The largest absolute Gasteiger partial charge is 0.502 e. The van der Waals surface area contributed by atoms with Crippen molar-refractivity contribution in [2.45, 2.75) is 24.8 Å². The number of nitrogens with zero attached hydrogens (tertiary/aromatic N) is 3. The molecule has 8 heteroatoms. The molecule has 1 aliphatic carbocycles. The van der Waals surface area contributed by atoms with Crippen LogP contribution in [-0.2, 0) is 12.8 Å². The van der Waals surface area contributed by atoms with Crippen LogP contribution in [0.15, 0.2) is 47.4 Å². The molecule has 2 aromatic carbocycles. The number of rotatable bonds is 1. The number of likely N-dealkylation sites (N-methyl/N-ethyl adjacent to an activating group) is 1. The van der Waals surface area contributed by atoms with Crippen LogP contribution in [0.4, 0.5) is 8.78 Å². The van der Waals surface area contributed by atoms with Gasteiger partial charge in [-0.15, -0.1) is 0 Å². The Balaban J connectivity index is 1.82. The second-order valence-electron chi connectivity index (χ2n) is 8.03. The zero-order valence-corrected chi connectivity index (χ0v) is 16.7. The van der Waals surface area contributed by atoms with Crippen LogP contribution in [-0.4, -0.2) is 39.3 Å². The van der Waals surface area contributed by atoms with Gasteiger partial charge in [-0.2, -0.15) is 5.10 Å². The number of amides is 1. The van der Waals surface area contributed by atoms with Crippen LogP contribution in [0.2, 0.25) is 0 Å². The molecule has 0 fully saturated rings. The number of carbonyl (C=O) groups is 1. The van der Waals surface area contributed by atoms with Crippen LogP contribution in [0.5, 0.6) is 5.75 Å². The topological polar surface area (TPSA) is 75.4 Å². The quantitative estimate of drug-likeness (QED) is 0.653. The van der Waals surface area contributed by atoms with Crippen molar-refractivity contribution in [3.05, 3.63) is 92.4 Å².